The highest BCUT2D eigenvalue weighted by atomic mass is 32.2. The van der Waals surface area contributed by atoms with Gasteiger partial charge in [-0.15, -0.1) is 0 Å². The van der Waals surface area contributed by atoms with Crippen molar-refractivity contribution in [3.05, 3.63) is 35.4 Å². The summed E-state index contributed by atoms with van der Waals surface area (Å²) in [5, 5.41) is 8.76. The number of rotatable bonds is 5. The third kappa shape index (κ3) is 4.57. The summed E-state index contributed by atoms with van der Waals surface area (Å²) >= 11 is 0. The molecule has 0 unspecified atom stereocenters. The Morgan fingerprint density at radius 1 is 1.36 bits per heavy atom. The number of hydrogen-bond donors (Lipinski definition) is 0. The molecule has 1 heterocycles. The lowest BCUT2D eigenvalue weighted by Gasteiger charge is -2.29. The summed E-state index contributed by atoms with van der Waals surface area (Å²) in [5.41, 5.74) is 0.658. The van der Waals surface area contributed by atoms with Crippen LogP contribution < -0.4 is 0 Å². The molecule has 0 aromatic heterocycles. The maximum atomic E-state index is 12.6. The molecule has 1 aromatic carbocycles. The number of likely N-dealkylation sites (N-methyl/N-ethyl adjacent to an activating group) is 1. The summed E-state index contributed by atoms with van der Waals surface area (Å²) in [4.78, 5) is 26.1. The smallest absolute Gasteiger partial charge is 0.338 e. The van der Waals surface area contributed by atoms with Crippen LogP contribution in [-0.4, -0.2) is 55.4 Å². The van der Waals surface area contributed by atoms with Gasteiger partial charge in [0.1, 0.15) is 0 Å². The Morgan fingerprint density at radius 2 is 2.00 bits per heavy atom. The number of carbonyl (C=O) groups is 2. The summed E-state index contributed by atoms with van der Waals surface area (Å²) in [5.74, 6) is -1.06. The van der Waals surface area contributed by atoms with E-state index < -0.39 is 27.8 Å². The number of sulfone groups is 1. The molecule has 1 aliphatic heterocycles. The van der Waals surface area contributed by atoms with Crippen LogP contribution in [0, 0.1) is 11.3 Å². The van der Waals surface area contributed by atoms with Gasteiger partial charge in [-0.2, -0.15) is 5.26 Å². The van der Waals surface area contributed by atoms with Crippen LogP contribution >= 0.6 is 0 Å². The molecular formula is C17H20N2O5S. The Morgan fingerprint density at radius 3 is 2.48 bits per heavy atom. The van der Waals surface area contributed by atoms with E-state index in [-0.39, 0.29) is 23.1 Å². The van der Waals surface area contributed by atoms with E-state index >= 15 is 0 Å². The van der Waals surface area contributed by atoms with Gasteiger partial charge in [-0.3, -0.25) is 4.79 Å². The highest BCUT2D eigenvalue weighted by Gasteiger charge is 2.36. The van der Waals surface area contributed by atoms with Gasteiger partial charge in [-0.1, -0.05) is 0 Å². The first kappa shape index (κ1) is 18.9. The molecule has 7 nitrogen and oxygen atoms in total. The first-order valence-electron chi connectivity index (χ1n) is 7.99. The predicted octanol–water partition coefficient (Wildman–Crippen LogP) is 1.14. The molecule has 1 saturated heterocycles. The molecule has 0 spiro atoms. The lowest BCUT2D eigenvalue weighted by Crippen LogP contribution is -2.46. The maximum Gasteiger partial charge on any atom is 0.338 e. The molecule has 134 valence electrons. The normalized spacial score (nSPS) is 19.6. The second-order valence-corrected chi connectivity index (χ2v) is 8.15. The van der Waals surface area contributed by atoms with Crippen LogP contribution in [0.25, 0.3) is 0 Å². The van der Waals surface area contributed by atoms with Gasteiger partial charge in [0, 0.05) is 12.6 Å². The number of benzene rings is 1. The van der Waals surface area contributed by atoms with Gasteiger partial charge in [0.05, 0.1) is 28.7 Å². The summed E-state index contributed by atoms with van der Waals surface area (Å²) in [6.07, 6.45) is -0.621. The van der Waals surface area contributed by atoms with Crippen molar-refractivity contribution in [2.75, 3.05) is 18.1 Å². The fourth-order valence-electron chi connectivity index (χ4n) is 2.81. The number of carbonyl (C=O) groups excluding carboxylic acids is 2. The predicted molar refractivity (Wildman–Crippen MR) is 90.5 cm³/mol. The van der Waals surface area contributed by atoms with E-state index in [2.05, 4.69) is 0 Å². The molecule has 0 bridgehead atoms. The second kappa shape index (κ2) is 7.66. The zero-order valence-electron chi connectivity index (χ0n) is 14.1. The van der Waals surface area contributed by atoms with Crippen LogP contribution in [0.2, 0.25) is 0 Å². The number of amides is 1. The molecule has 25 heavy (non-hydrogen) atoms. The number of esters is 1. The Balaban J connectivity index is 2.02. The number of ether oxygens (including phenoxy) is 1. The molecule has 0 aliphatic carbocycles. The topological polar surface area (TPSA) is 105 Å². The van der Waals surface area contributed by atoms with Crippen molar-refractivity contribution in [2.24, 2.45) is 0 Å². The van der Waals surface area contributed by atoms with Crippen molar-refractivity contribution in [1.29, 1.82) is 5.26 Å². The van der Waals surface area contributed by atoms with Gasteiger partial charge in [0.25, 0.3) is 5.91 Å². The average molecular weight is 364 g/mol. The van der Waals surface area contributed by atoms with Gasteiger partial charge in [0.15, 0.2) is 15.9 Å². The van der Waals surface area contributed by atoms with E-state index in [0.717, 1.165) is 0 Å². The fourth-order valence-corrected chi connectivity index (χ4v) is 4.54. The Bertz CT molecular complexity index is 795. The molecule has 0 N–H and O–H groups in total. The number of hydrogen-bond acceptors (Lipinski definition) is 6. The summed E-state index contributed by atoms with van der Waals surface area (Å²) in [6.45, 7) is 3.58. The van der Waals surface area contributed by atoms with Crippen LogP contribution in [-0.2, 0) is 19.4 Å². The van der Waals surface area contributed by atoms with Crippen LogP contribution in [0.3, 0.4) is 0 Å². The molecule has 1 aromatic rings. The van der Waals surface area contributed by atoms with E-state index in [0.29, 0.717) is 18.5 Å². The zero-order valence-corrected chi connectivity index (χ0v) is 15.0. The Kier molecular flexibility index (Phi) is 5.80. The van der Waals surface area contributed by atoms with E-state index in [1.165, 1.54) is 36.1 Å². The molecule has 8 heteroatoms. The monoisotopic (exact) mass is 364 g/mol. The van der Waals surface area contributed by atoms with E-state index in [1.54, 1.807) is 6.92 Å². The van der Waals surface area contributed by atoms with Crippen molar-refractivity contribution in [3.63, 3.8) is 0 Å². The molecule has 1 amide bonds. The highest BCUT2D eigenvalue weighted by Crippen LogP contribution is 2.19. The molecule has 2 atom stereocenters. The SMILES string of the molecule is CCN(C(=O)[C@H](C)OC(=O)c1ccc(C#N)cc1)[C@@H]1CCS(=O)(=O)C1. The van der Waals surface area contributed by atoms with E-state index in [9.17, 15) is 18.0 Å². The Hall–Kier alpha value is -2.40. The lowest BCUT2D eigenvalue weighted by atomic mass is 10.1. The van der Waals surface area contributed by atoms with Gasteiger partial charge in [-0.25, -0.2) is 13.2 Å². The zero-order chi connectivity index (χ0) is 18.6. The van der Waals surface area contributed by atoms with Gasteiger partial charge < -0.3 is 9.64 Å². The van der Waals surface area contributed by atoms with Crippen molar-refractivity contribution >= 4 is 21.7 Å². The first-order valence-corrected chi connectivity index (χ1v) is 9.81. The van der Waals surface area contributed by atoms with Crippen molar-refractivity contribution in [1.82, 2.24) is 4.90 Å². The maximum absolute atomic E-state index is 12.6. The van der Waals surface area contributed by atoms with E-state index in [1.807, 2.05) is 6.07 Å². The van der Waals surface area contributed by atoms with Crippen LogP contribution in [0.4, 0.5) is 0 Å². The quantitative estimate of drug-likeness (QED) is 0.726. The lowest BCUT2D eigenvalue weighted by molar-refractivity contribution is -0.141. The van der Waals surface area contributed by atoms with Crippen molar-refractivity contribution in [2.45, 2.75) is 32.4 Å². The minimum absolute atomic E-state index is 0.0527. The second-order valence-electron chi connectivity index (χ2n) is 5.92. The van der Waals surface area contributed by atoms with Crippen LogP contribution in [0.15, 0.2) is 24.3 Å². The first-order chi connectivity index (χ1) is 11.8. The molecule has 0 saturated carbocycles. The van der Waals surface area contributed by atoms with Crippen molar-refractivity contribution < 1.29 is 22.7 Å². The minimum atomic E-state index is -3.11. The molecular weight excluding hydrogens is 344 g/mol. The third-order valence-electron chi connectivity index (χ3n) is 4.15. The summed E-state index contributed by atoms with van der Waals surface area (Å²) in [6, 6.07) is 7.47. The standard InChI is InChI=1S/C17H20N2O5S/c1-3-19(15-8-9-25(22,23)11-15)16(20)12(2)24-17(21)14-6-4-13(10-18)5-7-14/h4-7,12,15H,3,8-9,11H2,1-2H3/t12-,15+/m0/s1. The molecule has 0 radical (unpaired) electrons. The van der Waals surface area contributed by atoms with Gasteiger partial charge in [0.2, 0.25) is 0 Å². The largest absolute Gasteiger partial charge is 0.449 e. The van der Waals surface area contributed by atoms with Gasteiger partial charge in [-0.05, 0) is 44.5 Å². The van der Waals surface area contributed by atoms with E-state index in [4.69, 9.17) is 10.00 Å². The fraction of sp³-hybridized carbons (Fsp3) is 0.471. The van der Waals surface area contributed by atoms with Crippen LogP contribution in [0.1, 0.15) is 36.2 Å². The van der Waals surface area contributed by atoms with Crippen LogP contribution in [0.5, 0.6) is 0 Å². The highest BCUT2D eigenvalue weighted by molar-refractivity contribution is 7.91. The van der Waals surface area contributed by atoms with Crippen molar-refractivity contribution in [3.8, 4) is 6.07 Å². The molecule has 1 fully saturated rings. The summed E-state index contributed by atoms with van der Waals surface area (Å²) < 4.78 is 28.4. The summed E-state index contributed by atoms with van der Waals surface area (Å²) in [7, 11) is -3.11. The molecule has 1 aliphatic rings. The Labute approximate surface area is 147 Å². The average Bonchev–Trinajstić information content (AvgIpc) is 2.95. The third-order valence-corrected chi connectivity index (χ3v) is 5.90. The number of nitrogens with zero attached hydrogens (tertiary/aromatic N) is 2. The van der Waals surface area contributed by atoms with Gasteiger partial charge >= 0.3 is 5.97 Å². The minimum Gasteiger partial charge on any atom is -0.449 e. The molecule has 2 rings (SSSR count). The number of nitriles is 1.